The maximum Gasteiger partial charge on any atom is 0.335 e. The summed E-state index contributed by atoms with van der Waals surface area (Å²) < 4.78 is 0. The van der Waals surface area contributed by atoms with Crippen molar-refractivity contribution in [2.45, 2.75) is 0 Å². The summed E-state index contributed by atoms with van der Waals surface area (Å²) in [5.41, 5.74) is 1.86. The number of H-pyrrole nitrogens is 1. The molecule has 0 aliphatic carbocycles. The summed E-state index contributed by atoms with van der Waals surface area (Å²) in [5.74, 6) is -0.977. The molecule has 2 rings (SSSR count). The number of benzene rings is 1. The second-order valence-electron chi connectivity index (χ2n) is 3.08. The van der Waals surface area contributed by atoms with E-state index >= 15 is 0 Å². The molecule has 0 aliphatic heterocycles. The fourth-order valence-corrected chi connectivity index (χ4v) is 1.65. The summed E-state index contributed by atoms with van der Waals surface area (Å²) in [7, 11) is 0. The molecular weight excluding hydrogens is 214 g/mol. The number of carboxylic acids is 1. The van der Waals surface area contributed by atoms with Crippen LogP contribution < -0.4 is 0 Å². The molecule has 1 heterocycles. The Balaban J connectivity index is 2.48. The molecule has 0 bridgehead atoms. The first kappa shape index (κ1) is 9.80. The molecule has 1 aromatic carbocycles. The standard InChI is InChI=1S/C11H8ClNO2/c12-9-6-7(11(14)15)3-4-8(9)10-2-1-5-13-10/h1-6,13H,(H,14,15). The minimum Gasteiger partial charge on any atom is -0.478 e. The zero-order valence-electron chi connectivity index (χ0n) is 7.70. The molecule has 0 aliphatic rings. The van der Waals surface area contributed by atoms with Crippen LogP contribution in [0.1, 0.15) is 10.4 Å². The van der Waals surface area contributed by atoms with Gasteiger partial charge in [0, 0.05) is 17.5 Å². The molecule has 3 nitrogen and oxygen atoms in total. The first-order valence-corrected chi connectivity index (χ1v) is 4.73. The quantitative estimate of drug-likeness (QED) is 0.819. The van der Waals surface area contributed by atoms with Crippen LogP contribution in [0.2, 0.25) is 5.02 Å². The van der Waals surface area contributed by atoms with E-state index in [0.717, 1.165) is 11.3 Å². The van der Waals surface area contributed by atoms with Crippen LogP contribution in [0.4, 0.5) is 0 Å². The highest BCUT2D eigenvalue weighted by molar-refractivity contribution is 6.33. The summed E-state index contributed by atoms with van der Waals surface area (Å²) in [6, 6.07) is 8.40. The van der Waals surface area contributed by atoms with Crippen molar-refractivity contribution in [1.82, 2.24) is 4.98 Å². The molecule has 2 N–H and O–H groups in total. The zero-order chi connectivity index (χ0) is 10.8. The van der Waals surface area contributed by atoms with Gasteiger partial charge >= 0.3 is 5.97 Å². The van der Waals surface area contributed by atoms with Crippen molar-refractivity contribution in [3.05, 3.63) is 47.1 Å². The number of hydrogen-bond donors (Lipinski definition) is 2. The monoisotopic (exact) mass is 221 g/mol. The second-order valence-corrected chi connectivity index (χ2v) is 3.49. The third kappa shape index (κ3) is 1.87. The lowest BCUT2D eigenvalue weighted by Gasteiger charge is -2.02. The van der Waals surface area contributed by atoms with E-state index in [1.54, 1.807) is 12.3 Å². The molecule has 15 heavy (non-hydrogen) atoms. The van der Waals surface area contributed by atoms with Gasteiger partial charge in [0.1, 0.15) is 0 Å². The van der Waals surface area contributed by atoms with E-state index in [9.17, 15) is 4.79 Å². The van der Waals surface area contributed by atoms with Crippen molar-refractivity contribution in [3.63, 3.8) is 0 Å². The van der Waals surface area contributed by atoms with Crippen LogP contribution in [-0.4, -0.2) is 16.1 Å². The molecule has 0 saturated carbocycles. The fourth-order valence-electron chi connectivity index (χ4n) is 1.36. The van der Waals surface area contributed by atoms with Gasteiger partial charge in [-0.2, -0.15) is 0 Å². The largest absolute Gasteiger partial charge is 0.478 e. The third-order valence-corrected chi connectivity index (χ3v) is 2.42. The van der Waals surface area contributed by atoms with E-state index in [-0.39, 0.29) is 5.56 Å². The van der Waals surface area contributed by atoms with E-state index in [1.165, 1.54) is 12.1 Å². The number of rotatable bonds is 2. The van der Waals surface area contributed by atoms with Gasteiger partial charge in [-0.25, -0.2) is 4.79 Å². The van der Waals surface area contributed by atoms with Crippen molar-refractivity contribution in [3.8, 4) is 11.3 Å². The van der Waals surface area contributed by atoms with Crippen LogP contribution in [0.25, 0.3) is 11.3 Å². The summed E-state index contributed by atoms with van der Waals surface area (Å²) in [4.78, 5) is 13.7. The van der Waals surface area contributed by atoms with Crippen molar-refractivity contribution in [1.29, 1.82) is 0 Å². The zero-order valence-corrected chi connectivity index (χ0v) is 8.45. The Morgan fingerprint density at radius 2 is 2.13 bits per heavy atom. The number of aromatic carboxylic acids is 1. The third-order valence-electron chi connectivity index (χ3n) is 2.10. The van der Waals surface area contributed by atoms with Gasteiger partial charge in [0.05, 0.1) is 10.6 Å². The van der Waals surface area contributed by atoms with Gasteiger partial charge in [-0.3, -0.25) is 0 Å². The second kappa shape index (κ2) is 3.79. The van der Waals surface area contributed by atoms with Gasteiger partial charge < -0.3 is 10.1 Å². The van der Waals surface area contributed by atoms with Gasteiger partial charge in [-0.05, 0) is 24.3 Å². The lowest BCUT2D eigenvalue weighted by Crippen LogP contribution is -1.95. The molecule has 0 fully saturated rings. The Morgan fingerprint density at radius 3 is 2.67 bits per heavy atom. The molecule has 0 radical (unpaired) electrons. The molecule has 0 unspecified atom stereocenters. The van der Waals surface area contributed by atoms with Crippen molar-refractivity contribution >= 4 is 17.6 Å². The number of nitrogens with one attached hydrogen (secondary N) is 1. The predicted octanol–water partition coefficient (Wildman–Crippen LogP) is 3.03. The summed E-state index contributed by atoms with van der Waals surface area (Å²) >= 11 is 5.98. The Hall–Kier alpha value is -1.74. The van der Waals surface area contributed by atoms with Crippen LogP contribution in [0, 0.1) is 0 Å². The van der Waals surface area contributed by atoms with Crippen LogP contribution in [0.3, 0.4) is 0 Å². The molecule has 0 spiro atoms. The topological polar surface area (TPSA) is 53.1 Å². The number of aromatic amines is 1. The first-order chi connectivity index (χ1) is 7.18. The van der Waals surface area contributed by atoms with Crippen molar-refractivity contribution in [2.75, 3.05) is 0 Å². The van der Waals surface area contributed by atoms with Crippen molar-refractivity contribution in [2.24, 2.45) is 0 Å². The van der Waals surface area contributed by atoms with Crippen LogP contribution in [0.5, 0.6) is 0 Å². The Labute approximate surface area is 91.3 Å². The average molecular weight is 222 g/mol. The van der Waals surface area contributed by atoms with E-state index in [4.69, 9.17) is 16.7 Å². The Bertz CT molecular complexity index is 491. The smallest absolute Gasteiger partial charge is 0.335 e. The molecule has 2 aromatic rings. The SMILES string of the molecule is O=C(O)c1ccc(-c2ccc[nH]2)c(Cl)c1. The summed E-state index contributed by atoms with van der Waals surface area (Å²) in [6.45, 7) is 0. The van der Waals surface area contributed by atoms with Crippen LogP contribution in [0.15, 0.2) is 36.5 Å². The van der Waals surface area contributed by atoms with Gasteiger partial charge in [0.15, 0.2) is 0 Å². The number of carboxylic acid groups (broad SMARTS) is 1. The van der Waals surface area contributed by atoms with Gasteiger partial charge in [0.2, 0.25) is 0 Å². The summed E-state index contributed by atoms with van der Waals surface area (Å²) in [5, 5.41) is 9.19. The Morgan fingerprint density at radius 1 is 1.33 bits per heavy atom. The lowest BCUT2D eigenvalue weighted by molar-refractivity contribution is 0.0697. The highest BCUT2D eigenvalue weighted by Crippen LogP contribution is 2.27. The fraction of sp³-hybridized carbons (Fsp3) is 0. The molecular formula is C11H8ClNO2. The maximum atomic E-state index is 10.7. The highest BCUT2D eigenvalue weighted by Gasteiger charge is 2.08. The van der Waals surface area contributed by atoms with Gasteiger partial charge in [-0.1, -0.05) is 17.7 Å². The predicted molar refractivity (Wildman–Crippen MR) is 58.2 cm³/mol. The molecule has 0 saturated heterocycles. The summed E-state index contributed by atoms with van der Waals surface area (Å²) in [6.07, 6.45) is 1.79. The van der Waals surface area contributed by atoms with E-state index < -0.39 is 5.97 Å². The number of hydrogen-bond acceptors (Lipinski definition) is 1. The van der Waals surface area contributed by atoms with E-state index in [0.29, 0.717) is 5.02 Å². The lowest BCUT2D eigenvalue weighted by atomic mass is 10.1. The van der Waals surface area contributed by atoms with E-state index in [1.807, 2.05) is 12.1 Å². The Kier molecular flexibility index (Phi) is 2.47. The molecule has 0 amide bonds. The first-order valence-electron chi connectivity index (χ1n) is 4.35. The number of carbonyl (C=O) groups is 1. The minimum atomic E-state index is -0.977. The molecule has 76 valence electrons. The van der Waals surface area contributed by atoms with E-state index in [2.05, 4.69) is 4.98 Å². The van der Waals surface area contributed by atoms with Gasteiger partial charge in [-0.15, -0.1) is 0 Å². The number of aromatic nitrogens is 1. The van der Waals surface area contributed by atoms with Crippen molar-refractivity contribution < 1.29 is 9.90 Å². The molecule has 0 atom stereocenters. The highest BCUT2D eigenvalue weighted by atomic mass is 35.5. The van der Waals surface area contributed by atoms with Crippen LogP contribution >= 0.6 is 11.6 Å². The average Bonchev–Trinajstić information content (AvgIpc) is 2.70. The number of halogens is 1. The van der Waals surface area contributed by atoms with Gasteiger partial charge in [0.25, 0.3) is 0 Å². The normalized spacial score (nSPS) is 10.2. The molecule has 1 aromatic heterocycles. The minimum absolute atomic E-state index is 0.190. The van der Waals surface area contributed by atoms with Crippen LogP contribution in [-0.2, 0) is 0 Å². The maximum absolute atomic E-state index is 10.7. The molecule has 4 heteroatoms.